The van der Waals surface area contributed by atoms with E-state index < -0.39 is 0 Å². The Bertz CT molecular complexity index is 820. The third-order valence-corrected chi connectivity index (χ3v) is 5.46. The topological polar surface area (TPSA) is 25.2 Å². The number of rotatable bonds is 3. The van der Waals surface area contributed by atoms with Gasteiger partial charge in [0.1, 0.15) is 4.32 Å². The molecule has 1 aromatic carbocycles. The molecule has 23 heavy (non-hydrogen) atoms. The molecule has 1 amide bonds. The van der Waals surface area contributed by atoms with Gasteiger partial charge in [-0.25, -0.2) is 0 Å². The summed E-state index contributed by atoms with van der Waals surface area (Å²) in [6, 6.07) is 10.3. The molecule has 118 valence electrons. The number of hydrogen-bond donors (Lipinski definition) is 0. The van der Waals surface area contributed by atoms with Crippen LogP contribution in [0.4, 0.5) is 0 Å². The molecule has 3 nitrogen and oxygen atoms in total. The highest BCUT2D eigenvalue weighted by Crippen LogP contribution is 2.33. The fourth-order valence-corrected chi connectivity index (χ4v) is 4.00. The van der Waals surface area contributed by atoms with Crippen LogP contribution in [0.2, 0.25) is 0 Å². The number of likely N-dealkylation sites (N-methyl/N-ethyl adjacent to an activating group) is 1. The van der Waals surface area contributed by atoms with E-state index >= 15 is 0 Å². The van der Waals surface area contributed by atoms with Crippen molar-refractivity contribution in [3.8, 4) is 5.69 Å². The maximum Gasteiger partial charge on any atom is 0.266 e. The van der Waals surface area contributed by atoms with Crippen molar-refractivity contribution in [2.75, 3.05) is 6.54 Å². The SMILES string of the molecule is CCN1C(=O)C(=Cc2cccn2-c2cccc(C)c2C)SC1=S. The zero-order valence-corrected chi connectivity index (χ0v) is 15.0. The maximum absolute atomic E-state index is 12.4. The quantitative estimate of drug-likeness (QED) is 0.614. The summed E-state index contributed by atoms with van der Waals surface area (Å²) in [5.74, 6) is -0.00351. The average Bonchev–Trinajstić information content (AvgIpc) is 3.08. The van der Waals surface area contributed by atoms with Gasteiger partial charge in [-0.15, -0.1) is 0 Å². The second-order valence-corrected chi connectivity index (χ2v) is 7.12. The molecule has 1 aromatic heterocycles. The molecule has 0 saturated carbocycles. The molecule has 0 N–H and O–H groups in total. The molecule has 3 rings (SSSR count). The second kappa shape index (κ2) is 6.34. The second-order valence-electron chi connectivity index (χ2n) is 5.45. The lowest BCUT2D eigenvalue weighted by Crippen LogP contribution is -2.27. The average molecular weight is 342 g/mol. The molecule has 0 bridgehead atoms. The number of hydrogen-bond acceptors (Lipinski definition) is 3. The molecule has 2 aromatic rings. The number of benzene rings is 1. The zero-order valence-electron chi connectivity index (χ0n) is 13.4. The number of thiocarbonyl (C=S) groups is 1. The summed E-state index contributed by atoms with van der Waals surface area (Å²) in [5.41, 5.74) is 4.60. The summed E-state index contributed by atoms with van der Waals surface area (Å²) >= 11 is 6.65. The van der Waals surface area contributed by atoms with E-state index in [0.717, 1.165) is 11.4 Å². The highest BCUT2D eigenvalue weighted by atomic mass is 32.2. The molecule has 5 heteroatoms. The van der Waals surface area contributed by atoms with E-state index in [-0.39, 0.29) is 5.91 Å². The summed E-state index contributed by atoms with van der Waals surface area (Å²) < 4.78 is 2.74. The van der Waals surface area contributed by atoms with E-state index in [1.165, 1.54) is 22.9 Å². The molecule has 0 atom stereocenters. The fraction of sp³-hybridized carbons (Fsp3) is 0.222. The van der Waals surface area contributed by atoms with Crippen LogP contribution in [0.3, 0.4) is 0 Å². The minimum absolute atomic E-state index is 0.00351. The van der Waals surface area contributed by atoms with Crippen LogP contribution in [-0.2, 0) is 4.79 Å². The van der Waals surface area contributed by atoms with Crippen LogP contribution in [-0.4, -0.2) is 26.2 Å². The first-order valence-electron chi connectivity index (χ1n) is 7.52. The van der Waals surface area contributed by atoms with Crippen LogP contribution >= 0.6 is 24.0 Å². The Balaban J connectivity index is 2.03. The van der Waals surface area contributed by atoms with Gasteiger partial charge in [-0.2, -0.15) is 0 Å². The van der Waals surface area contributed by atoms with Crippen molar-refractivity contribution in [1.29, 1.82) is 0 Å². The van der Waals surface area contributed by atoms with Gasteiger partial charge in [-0.3, -0.25) is 9.69 Å². The standard InChI is InChI=1S/C18H18N2OS2/c1-4-19-17(21)16(23-18(19)22)11-14-8-6-10-20(14)15-9-5-7-12(2)13(15)3/h5-11H,4H2,1-3H3. The number of carbonyl (C=O) groups is 1. The molecule has 1 fully saturated rings. The first-order chi connectivity index (χ1) is 11.0. The van der Waals surface area contributed by atoms with Crippen molar-refractivity contribution in [2.24, 2.45) is 0 Å². The highest BCUT2D eigenvalue weighted by Gasteiger charge is 2.30. The van der Waals surface area contributed by atoms with Gasteiger partial charge in [0.15, 0.2) is 0 Å². The number of amides is 1. The predicted molar refractivity (Wildman–Crippen MR) is 101 cm³/mol. The number of thioether (sulfide) groups is 1. The molecule has 0 spiro atoms. The number of aryl methyl sites for hydroxylation is 1. The van der Waals surface area contributed by atoms with Crippen LogP contribution in [0.15, 0.2) is 41.4 Å². The largest absolute Gasteiger partial charge is 0.317 e. The van der Waals surface area contributed by atoms with Crippen molar-refractivity contribution in [3.05, 3.63) is 58.3 Å². The van der Waals surface area contributed by atoms with E-state index in [1.54, 1.807) is 4.90 Å². The van der Waals surface area contributed by atoms with Crippen LogP contribution in [0.1, 0.15) is 23.7 Å². The van der Waals surface area contributed by atoms with Crippen LogP contribution in [0.25, 0.3) is 11.8 Å². The lowest BCUT2D eigenvalue weighted by molar-refractivity contribution is -0.121. The summed E-state index contributed by atoms with van der Waals surface area (Å²) in [6.45, 7) is 6.77. The molecule has 2 heterocycles. The first-order valence-corrected chi connectivity index (χ1v) is 8.74. The molecule has 1 aliphatic rings. The van der Waals surface area contributed by atoms with Gasteiger partial charge in [0.25, 0.3) is 5.91 Å². The minimum atomic E-state index is -0.00351. The van der Waals surface area contributed by atoms with Gasteiger partial charge in [-0.1, -0.05) is 36.1 Å². The van der Waals surface area contributed by atoms with Crippen molar-refractivity contribution in [2.45, 2.75) is 20.8 Å². The molecule has 1 saturated heterocycles. The van der Waals surface area contributed by atoms with Gasteiger partial charge < -0.3 is 4.57 Å². The fourth-order valence-electron chi connectivity index (χ4n) is 2.63. The summed E-state index contributed by atoms with van der Waals surface area (Å²) in [4.78, 5) is 14.7. The number of nitrogens with zero attached hydrogens (tertiary/aromatic N) is 2. The molecular formula is C18H18N2OS2. The molecular weight excluding hydrogens is 324 g/mol. The van der Waals surface area contributed by atoms with Crippen LogP contribution in [0.5, 0.6) is 0 Å². The Hall–Kier alpha value is -1.85. The Labute approximate surface area is 146 Å². The van der Waals surface area contributed by atoms with E-state index in [4.69, 9.17) is 12.2 Å². The molecule has 0 radical (unpaired) electrons. The van der Waals surface area contributed by atoms with Crippen molar-refractivity contribution < 1.29 is 4.79 Å². The lowest BCUT2D eigenvalue weighted by atomic mass is 10.1. The van der Waals surface area contributed by atoms with Gasteiger partial charge in [0.2, 0.25) is 0 Å². The Morgan fingerprint density at radius 3 is 2.70 bits per heavy atom. The molecule has 1 aliphatic heterocycles. The monoisotopic (exact) mass is 342 g/mol. The van der Waals surface area contributed by atoms with E-state index in [0.29, 0.717) is 15.8 Å². The number of carbonyl (C=O) groups excluding carboxylic acids is 1. The predicted octanol–water partition coefficient (Wildman–Crippen LogP) is 4.32. The van der Waals surface area contributed by atoms with Gasteiger partial charge in [0.05, 0.1) is 4.91 Å². The summed E-state index contributed by atoms with van der Waals surface area (Å²) in [7, 11) is 0. The molecule has 0 unspecified atom stereocenters. The van der Waals surface area contributed by atoms with Gasteiger partial charge in [0, 0.05) is 24.1 Å². The first kappa shape index (κ1) is 16.0. The van der Waals surface area contributed by atoms with Gasteiger partial charge in [-0.05, 0) is 56.2 Å². The Kier molecular flexibility index (Phi) is 4.41. The maximum atomic E-state index is 12.4. The molecule has 0 aliphatic carbocycles. The smallest absolute Gasteiger partial charge is 0.266 e. The van der Waals surface area contributed by atoms with Crippen molar-refractivity contribution >= 4 is 40.3 Å². The Morgan fingerprint density at radius 1 is 1.22 bits per heavy atom. The van der Waals surface area contributed by atoms with E-state index in [1.807, 2.05) is 31.3 Å². The third-order valence-electron chi connectivity index (χ3n) is 4.08. The minimum Gasteiger partial charge on any atom is -0.317 e. The number of aromatic nitrogens is 1. The summed E-state index contributed by atoms with van der Waals surface area (Å²) in [6.07, 6.45) is 3.95. The van der Waals surface area contributed by atoms with Gasteiger partial charge >= 0.3 is 0 Å². The zero-order chi connectivity index (χ0) is 16.6. The van der Waals surface area contributed by atoms with Crippen molar-refractivity contribution in [3.63, 3.8) is 0 Å². The summed E-state index contributed by atoms with van der Waals surface area (Å²) in [5, 5.41) is 0. The Morgan fingerprint density at radius 2 is 2.00 bits per heavy atom. The normalized spacial score (nSPS) is 16.7. The van der Waals surface area contributed by atoms with E-state index in [9.17, 15) is 4.79 Å². The van der Waals surface area contributed by atoms with Crippen LogP contribution in [0, 0.1) is 13.8 Å². The van der Waals surface area contributed by atoms with E-state index in [2.05, 4.69) is 36.6 Å². The van der Waals surface area contributed by atoms with Crippen molar-refractivity contribution in [1.82, 2.24) is 9.47 Å². The van der Waals surface area contributed by atoms with Crippen LogP contribution < -0.4 is 0 Å². The lowest BCUT2D eigenvalue weighted by Gasteiger charge is -2.12. The third kappa shape index (κ3) is 2.86. The highest BCUT2D eigenvalue weighted by molar-refractivity contribution is 8.26.